The summed E-state index contributed by atoms with van der Waals surface area (Å²) in [6.07, 6.45) is 5.45. The fraction of sp³-hybridized carbons (Fsp3) is 0.111. The second-order valence-electron chi connectivity index (χ2n) is 5.27. The molecule has 2 aromatic heterocycles. The number of aryl methyl sites for hydroxylation is 1. The molecule has 0 bridgehead atoms. The number of carbonyl (C=O) groups is 1. The molecule has 0 aliphatic rings. The number of nitrogens with one attached hydrogen (secondary N) is 1. The molecule has 0 fully saturated rings. The first kappa shape index (κ1) is 14.8. The number of hydrogen-bond acceptors (Lipinski definition) is 2. The van der Waals surface area contributed by atoms with Crippen molar-refractivity contribution in [1.29, 1.82) is 0 Å². The third kappa shape index (κ3) is 3.08. The normalized spacial score (nSPS) is 11.0. The quantitative estimate of drug-likeness (QED) is 0.585. The van der Waals surface area contributed by atoms with Crippen LogP contribution >= 0.6 is 0 Å². The molecule has 23 heavy (non-hydrogen) atoms. The van der Waals surface area contributed by atoms with Gasteiger partial charge in [0.15, 0.2) is 0 Å². The molecule has 1 amide bonds. The van der Waals surface area contributed by atoms with Crippen molar-refractivity contribution >= 4 is 12.1 Å². The lowest BCUT2D eigenvalue weighted by Crippen LogP contribution is -2.19. The maximum Gasteiger partial charge on any atom is 0.273 e. The summed E-state index contributed by atoms with van der Waals surface area (Å²) >= 11 is 0. The molecule has 3 aromatic rings. The molecule has 0 atom stereocenters. The molecule has 1 aromatic carbocycles. The summed E-state index contributed by atoms with van der Waals surface area (Å²) in [5, 5.41) is 4.06. The van der Waals surface area contributed by atoms with E-state index in [9.17, 15) is 4.79 Å². The summed E-state index contributed by atoms with van der Waals surface area (Å²) in [6.45, 7) is 2.02. The summed E-state index contributed by atoms with van der Waals surface area (Å²) in [5.74, 6) is -0.239. The highest BCUT2D eigenvalue weighted by Gasteiger charge is 2.11. The Balaban J connectivity index is 1.78. The second kappa shape index (κ2) is 6.36. The first-order valence-electron chi connectivity index (χ1n) is 7.35. The number of hydrazone groups is 1. The predicted molar refractivity (Wildman–Crippen MR) is 91.0 cm³/mol. The minimum Gasteiger partial charge on any atom is -0.347 e. The number of rotatable bonds is 4. The molecule has 0 radical (unpaired) electrons. The summed E-state index contributed by atoms with van der Waals surface area (Å²) < 4.78 is 3.91. The van der Waals surface area contributed by atoms with E-state index >= 15 is 0 Å². The first-order valence-corrected chi connectivity index (χ1v) is 7.35. The molecule has 0 spiro atoms. The molecular formula is C18H18N4O. The zero-order chi connectivity index (χ0) is 16.2. The van der Waals surface area contributed by atoms with Crippen molar-refractivity contribution in [3.63, 3.8) is 0 Å². The van der Waals surface area contributed by atoms with Crippen LogP contribution in [-0.2, 0) is 7.05 Å². The van der Waals surface area contributed by atoms with E-state index in [-0.39, 0.29) is 5.91 Å². The van der Waals surface area contributed by atoms with Crippen LogP contribution < -0.4 is 5.43 Å². The Bertz CT molecular complexity index is 844. The fourth-order valence-corrected chi connectivity index (χ4v) is 2.37. The molecule has 0 aliphatic heterocycles. The first-order chi connectivity index (χ1) is 11.2. The standard InChI is InChI=1S/C18H18N4O/c1-14-9-10-15(21(14)2)13-19-20-18(23)16-7-3-4-8-17(16)22-11-5-6-12-22/h3-13H,1-2H3,(H,20,23)/b19-13+. The average Bonchev–Trinajstić information content (AvgIpc) is 3.20. The lowest BCUT2D eigenvalue weighted by atomic mass is 10.1. The monoisotopic (exact) mass is 306 g/mol. The highest BCUT2D eigenvalue weighted by Crippen LogP contribution is 2.14. The van der Waals surface area contributed by atoms with Crippen molar-refractivity contribution in [2.24, 2.45) is 12.1 Å². The van der Waals surface area contributed by atoms with Crippen molar-refractivity contribution in [3.8, 4) is 5.69 Å². The van der Waals surface area contributed by atoms with Crippen molar-refractivity contribution < 1.29 is 4.79 Å². The van der Waals surface area contributed by atoms with Gasteiger partial charge < -0.3 is 9.13 Å². The molecule has 116 valence electrons. The van der Waals surface area contributed by atoms with Crippen LogP contribution in [0.2, 0.25) is 0 Å². The number of nitrogens with zero attached hydrogens (tertiary/aromatic N) is 3. The van der Waals surface area contributed by atoms with Crippen LogP contribution in [0.15, 0.2) is 66.0 Å². The number of amides is 1. The van der Waals surface area contributed by atoms with Gasteiger partial charge in [-0.25, -0.2) is 5.43 Å². The topological polar surface area (TPSA) is 51.3 Å². The smallest absolute Gasteiger partial charge is 0.273 e. The SMILES string of the molecule is Cc1ccc(/C=N/NC(=O)c2ccccc2-n2cccc2)n1C. The molecular weight excluding hydrogens is 288 g/mol. The van der Waals surface area contributed by atoms with Gasteiger partial charge in [0.25, 0.3) is 5.91 Å². The van der Waals surface area contributed by atoms with Gasteiger partial charge in [0.1, 0.15) is 0 Å². The van der Waals surface area contributed by atoms with E-state index < -0.39 is 0 Å². The van der Waals surface area contributed by atoms with E-state index in [4.69, 9.17) is 0 Å². The van der Waals surface area contributed by atoms with Gasteiger partial charge >= 0.3 is 0 Å². The molecule has 5 heteroatoms. The number of benzene rings is 1. The largest absolute Gasteiger partial charge is 0.347 e. The lowest BCUT2D eigenvalue weighted by molar-refractivity contribution is 0.0955. The van der Waals surface area contributed by atoms with Crippen molar-refractivity contribution in [2.45, 2.75) is 6.92 Å². The molecule has 0 aliphatic carbocycles. The third-order valence-electron chi connectivity index (χ3n) is 3.81. The molecule has 1 N–H and O–H groups in total. The predicted octanol–water partition coefficient (Wildman–Crippen LogP) is 2.89. The molecule has 5 nitrogen and oxygen atoms in total. The van der Waals surface area contributed by atoms with Crippen molar-refractivity contribution in [1.82, 2.24) is 14.6 Å². The molecule has 0 saturated carbocycles. The van der Waals surface area contributed by atoms with Crippen LogP contribution in [0.25, 0.3) is 5.69 Å². The van der Waals surface area contributed by atoms with E-state index in [1.165, 1.54) is 0 Å². The number of para-hydroxylation sites is 1. The minimum atomic E-state index is -0.239. The zero-order valence-electron chi connectivity index (χ0n) is 13.1. The Morgan fingerprint density at radius 2 is 1.83 bits per heavy atom. The Hall–Kier alpha value is -3.08. The lowest BCUT2D eigenvalue weighted by Gasteiger charge is -2.09. The van der Waals surface area contributed by atoms with Crippen LogP contribution in [-0.4, -0.2) is 21.3 Å². The summed E-state index contributed by atoms with van der Waals surface area (Å²) in [6, 6.07) is 15.2. The average molecular weight is 306 g/mol. The van der Waals surface area contributed by atoms with Gasteiger partial charge in [-0.15, -0.1) is 0 Å². The highest BCUT2D eigenvalue weighted by molar-refractivity contribution is 5.98. The van der Waals surface area contributed by atoms with Crippen molar-refractivity contribution in [3.05, 3.63) is 77.9 Å². The van der Waals surface area contributed by atoms with E-state index in [0.29, 0.717) is 5.56 Å². The Morgan fingerprint density at radius 3 is 2.52 bits per heavy atom. The number of hydrogen-bond donors (Lipinski definition) is 1. The summed E-state index contributed by atoms with van der Waals surface area (Å²) in [7, 11) is 1.96. The number of aromatic nitrogens is 2. The summed E-state index contributed by atoms with van der Waals surface area (Å²) in [4.78, 5) is 12.4. The summed E-state index contributed by atoms with van der Waals surface area (Å²) in [5.41, 5.74) is 6.05. The van der Waals surface area contributed by atoms with Crippen LogP contribution in [0, 0.1) is 6.92 Å². The van der Waals surface area contributed by atoms with E-state index in [1.54, 1.807) is 12.3 Å². The zero-order valence-corrected chi connectivity index (χ0v) is 13.1. The van der Waals surface area contributed by atoms with E-state index in [2.05, 4.69) is 10.5 Å². The van der Waals surface area contributed by atoms with Gasteiger partial charge in [-0.05, 0) is 43.3 Å². The molecule has 0 unspecified atom stereocenters. The van der Waals surface area contributed by atoms with Crippen LogP contribution in [0.1, 0.15) is 21.7 Å². The van der Waals surface area contributed by atoms with Gasteiger partial charge in [-0.3, -0.25) is 4.79 Å². The Labute approximate surface area is 134 Å². The van der Waals surface area contributed by atoms with Gasteiger partial charge in [0.05, 0.1) is 23.2 Å². The van der Waals surface area contributed by atoms with Gasteiger partial charge in [0.2, 0.25) is 0 Å². The fourth-order valence-electron chi connectivity index (χ4n) is 2.37. The van der Waals surface area contributed by atoms with Crippen LogP contribution in [0.4, 0.5) is 0 Å². The van der Waals surface area contributed by atoms with Crippen LogP contribution in [0.5, 0.6) is 0 Å². The molecule has 2 heterocycles. The maximum atomic E-state index is 12.4. The maximum absolute atomic E-state index is 12.4. The van der Waals surface area contributed by atoms with E-state index in [0.717, 1.165) is 17.1 Å². The highest BCUT2D eigenvalue weighted by atomic mass is 16.2. The Morgan fingerprint density at radius 1 is 1.09 bits per heavy atom. The van der Waals surface area contributed by atoms with Crippen LogP contribution in [0.3, 0.4) is 0 Å². The van der Waals surface area contributed by atoms with E-state index in [1.807, 2.05) is 78.0 Å². The number of carbonyl (C=O) groups excluding carboxylic acids is 1. The molecule has 0 saturated heterocycles. The second-order valence-corrected chi connectivity index (χ2v) is 5.27. The molecule has 3 rings (SSSR count). The van der Waals surface area contributed by atoms with Gasteiger partial charge in [-0.1, -0.05) is 12.1 Å². The minimum absolute atomic E-state index is 0.239. The van der Waals surface area contributed by atoms with Gasteiger partial charge in [0, 0.05) is 25.1 Å². The third-order valence-corrected chi connectivity index (χ3v) is 3.81. The van der Waals surface area contributed by atoms with Gasteiger partial charge in [-0.2, -0.15) is 5.10 Å². The van der Waals surface area contributed by atoms with Crippen molar-refractivity contribution in [2.75, 3.05) is 0 Å². The Kier molecular flexibility index (Phi) is 4.10.